The van der Waals surface area contributed by atoms with Crippen molar-refractivity contribution in [3.63, 3.8) is 0 Å². The lowest BCUT2D eigenvalue weighted by Crippen LogP contribution is -2.54. The molecular formula is C23H25ClN2O5. The van der Waals surface area contributed by atoms with E-state index in [2.05, 4.69) is 0 Å². The number of carboxylic acid groups (broad SMARTS) is 1. The molecule has 0 bridgehead atoms. The van der Waals surface area contributed by atoms with E-state index in [-0.39, 0.29) is 24.2 Å². The Morgan fingerprint density at radius 2 is 1.71 bits per heavy atom. The van der Waals surface area contributed by atoms with Gasteiger partial charge in [0.2, 0.25) is 0 Å². The van der Waals surface area contributed by atoms with Crippen molar-refractivity contribution in [3.8, 4) is 0 Å². The van der Waals surface area contributed by atoms with Gasteiger partial charge in [-0.25, -0.2) is 4.79 Å². The molecule has 7 nitrogen and oxygen atoms in total. The Bertz CT molecular complexity index is 996. The number of aryl methyl sites for hydroxylation is 1. The lowest BCUT2D eigenvalue weighted by molar-refractivity contribution is -0.111. The number of carbonyl (C=O) groups excluding carboxylic acids is 2. The van der Waals surface area contributed by atoms with Crippen LogP contribution in [0.1, 0.15) is 52.6 Å². The first-order chi connectivity index (χ1) is 14.5. The summed E-state index contributed by atoms with van der Waals surface area (Å²) >= 11 is 6.38. The van der Waals surface area contributed by atoms with Gasteiger partial charge in [-0.1, -0.05) is 35.9 Å². The van der Waals surface area contributed by atoms with Gasteiger partial charge in [0.05, 0.1) is 23.8 Å². The third-order valence-electron chi connectivity index (χ3n) is 5.11. The van der Waals surface area contributed by atoms with E-state index in [9.17, 15) is 19.5 Å². The Hall–Kier alpha value is -2.90. The van der Waals surface area contributed by atoms with E-state index in [1.807, 2.05) is 19.1 Å². The highest BCUT2D eigenvalue weighted by atomic mass is 35.5. The van der Waals surface area contributed by atoms with Crippen molar-refractivity contribution in [2.45, 2.75) is 45.7 Å². The minimum absolute atomic E-state index is 0.195. The molecule has 2 aromatic carbocycles. The van der Waals surface area contributed by atoms with Crippen LogP contribution in [0.3, 0.4) is 0 Å². The zero-order valence-corrected chi connectivity index (χ0v) is 18.6. The Morgan fingerprint density at radius 3 is 2.19 bits per heavy atom. The largest absolute Gasteiger partial charge is 0.465 e. The number of hydrogen-bond donors (Lipinski definition) is 1. The van der Waals surface area contributed by atoms with Gasteiger partial charge in [0.1, 0.15) is 0 Å². The van der Waals surface area contributed by atoms with Crippen LogP contribution >= 0.6 is 11.6 Å². The standard InChI is InChI=1S/C23H25ClN2O5/c1-14-9-10-15(19(24)11-14)12-16(25(22(29)30)23(2,3)4)13-31-26-20(27)17-7-5-6-8-18(17)21(26)28/h5-11,16H,12-13H2,1-4H3,(H,29,30). The van der Waals surface area contributed by atoms with E-state index >= 15 is 0 Å². The molecule has 1 aliphatic rings. The number of fused-ring (bicyclic) bond motifs is 1. The van der Waals surface area contributed by atoms with Crippen LogP contribution in [0.15, 0.2) is 42.5 Å². The number of hydroxylamine groups is 2. The molecule has 1 atom stereocenters. The predicted molar refractivity (Wildman–Crippen MR) is 116 cm³/mol. The maximum Gasteiger partial charge on any atom is 0.408 e. The number of carbonyl (C=O) groups is 3. The fraction of sp³-hybridized carbons (Fsp3) is 0.348. The molecule has 0 saturated heterocycles. The molecule has 0 aliphatic carbocycles. The SMILES string of the molecule is Cc1ccc(CC(CON2C(=O)c3ccccc3C2=O)N(C(=O)O)C(C)(C)C)c(Cl)c1. The first-order valence-corrected chi connectivity index (χ1v) is 10.3. The van der Waals surface area contributed by atoms with Crippen LogP contribution < -0.4 is 0 Å². The Labute approximate surface area is 186 Å². The molecule has 1 unspecified atom stereocenters. The van der Waals surface area contributed by atoms with E-state index < -0.39 is 29.5 Å². The summed E-state index contributed by atoms with van der Waals surface area (Å²) in [7, 11) is 0. The summed E-state index contributed by atoms with van der Waals surface area (Å²) in [6.07, 6.45) is -0.877. The van der Waals surface area contributed by atoms with Gasteiger partial charge in [-0.2, -0.15) is 0 Å². The van der Waals surface area contributed by atoms with Crippen molar-refractivity contribution >= 4 is 29.5 Å². The number of benzene rings is 2. The molecule has 164 valence electrons. The van der Waals surface area contributed by atoms with Gasteiger partial charge in [0, 0.05) is 10.6 Å². The van der Waals surface area contributed by atoms with Gasteiger partial charge in [-0.15, -0.1) is 5.06 Å². The summed E-state index contributed by atoms with van der Waals surface area (Å²) in [4.78, 5) is 44.2. The summed E-state index contributed by atoms with van der Waals surface area (Å²) in [6.45, 7) is 7.03. The normalized spacial score (nSPS) is 14.5. The second-order valence-corrected chi connectivity index (χ2v) is 8.93. The first kappa shape index (κ1) is 22.8. The van der Waals surface area contributed by atoms with Crippen LogP contribution in [0.5, 0.6) is 0 Å². The van der Waals surface area contributed by atoms with Gasteiger partial charge in [0.25, 0.3) is 11.8 Å². The van der Waals surface area contributed by atoms with Gasteiger partial charge in [0.15, 0.2) is 0 Å². The van der Waals surface area contributed by atoms with Crippen molar-refractivity contribution in [2.75, 3.05) is 6.61 Å². The van der Waals surface area contributed by atoms with E-state index in [1.54, 1.807) is 51.1 Å². The van der Waals surface area contributed by atoms with Crippen molar-refractivity contribution in [1.82, 2.24) is 9.96 Å². The molecule has 0 aromatic heterocycles. The minimum Gasteiger partial charge on any atom is -0.465 e. The number of halogens is 1. The molecule has 1 heterocycles. The van der Waals surface area contributed by atoms with Crippen LogP contribution in [0, 0.1) is 6.92 Å². The van der Waals surface area contributed by atoms with E-state index in [0.717, 1.165) is 11.1 Å². The maximum atomic E-state index is 12.6. The van der Waals surface area contributed by atoms with Gasteiger partial charge < -0.3 is 5.11 Å². The minimum atomic E-state index is -1.13. The smallest absolute Gasteiger partial charge is 0.408 e. The fourth-order valence-corrected chi connectivity index (χ4v) is 4.04. The summed E-state index contributed by atoms with van der Waals surface area (Å²) < 4.78 is 0. The van der Waals surface area contributed by atoms with Crippen LogP contribution in [0.2, 0.25) is 5.02 Å². The van der Waals surface area contributed by atoms with Crippen molar-refractivity contribution < 1.29 is 24.3 Å². The molecule has 2 aromatic rings. The van der Waals surface area contributed by atoms with E-state index in [0.29, 0.717) is 10.1 Å². The molecule has 31 heavy (non-hydrogen) atoms. The zero-order chi connectivity index (χ0) is 22.9. The third-order valence-corrected chi connectivity index (χ3v) is 5.46. The quantitative estimate of drug-likeness (QED) is 0.659. The summed E-state index contributed by atoms with van der Waals surface area (Å²) in [5.41, 5.74) is 1.50. The van der Waals surface area contributed by atoms with Gasteiger partial charge >= 0.3 is 6.09 Å². The Kier molecular flexibility index (Phi) is 6.38. The highest BCUT2D eigenvalue weighted by Crippen LogP contribution is 2.27. The van der Waals surface area contributed by atoms with Gasteiger partial charge in [-0.05, 0) is 63.4 Å². The molecule has 0 radical (unpaired) electrons. The van der Waals surface area contributed by atoms with E-state index in [4.69, 9.17) is 16.4 Å². The average Bonchev–Trinajstić information content (AvgIpc) is 2.91. The fourth-order valence-electron chi connectivity index (χ4n) is 3.73. The number of amides is 3. The predicted octanol–water partition coefficient (Wildman–Crippen LogP) is 4.57. The number of imide groups is 1. The molecule has 8 heteroatoms. The number of nitrogens with zero attached hydrogens (tertiary/aromatic N) is 2. The molecule has 1 N–H and O–H groups in total. The second kappa shape index (κ2) is 8.69. The maximum absolute atomic E-state index is 12.6. The summed E-state index contributed by atoms with van der Waals surface area (Å²) in [6, 6.07) is 11.3. The third kappa shape index (κ3) is 4.73. The number of rotatable bonds is 6. The number of hydrogen-bond acceptors (Lipinski definition) is 4. The molecule has 0 spiro atoms. The Balaban J connectivity index is 1.87. The van der Waals surface area contributed by atoms with Crippen LogP contribution in [0.25, 0.3) is 0 Å². The monoisotopic (exact) mass is 444 g/mol. The molecular weight excluding hydrogens is 420 g/mol. The lowest BCUT2D eigenvalue weighted by atomic mass is 9.98. The zero-order valence-electron chi connectivity index (χ0n) is 17.9. The molecule has 0 fully saturated rings. The molecule has 3 rings (SSSR count). The van der Waals surface area contributed by atoms with Crippen molar-refractivity contribution in [3.05, 3.63) is 69.7 Å². The summed E-state index contributed by atoms with van der Waals surface area (Å²) in [5.74, 6) is -1.13. The Morgan fingerprint density at radius 1 is 1.13 bits per heavy atom. The molecule has 3 amide bonds. The molecule has 1 aliphatic heterocycles. The highest BCUT2D eigenvalue weighted by Gasteiger charge is 2.39. The molecule has 0 saturated carbocycles. The van der Waals surface area contributed by atoms with Crippen LogP contribution in [-0.2, 0) is 11.3 Å². The van der Waals surface area contributed by atoms with Crippen LogP contribution in [0.4, 0.5) is 4.79 Å². The topological polar surface area (TPSA) is 87.2 Å². The van der Waals surface area contributed by atoms with Crippen LogP contribution in [-0.4, -0.2) is 51.2 Å². The first-order valence-electron chi connectivity index (χ1n) is 9.88. The summed E-state index contributed by atoms with van der Waals surface area (Å²) in [5, 5.41) is 11.1. The van der Waals surface area contributed by atoms with Crippen molar-refractivity contribution in [1.29, 1.82) is 0 Å². The second-order valence-electron chi connectivity index (χ2n) is 8.52. The average molecular weight is 445 g/mol. The lowest BCUT2D eigenvalue weighted by Gasteiger charge is -2.40. The van der Waals surface area contributed by atoms with E-state index in [1.165, 1.54) is 4.90 Å². The highest BCUT2D eigenvalue weighted by molar-refractivity contribution is 6.31. The van der Waals surface area contributed by atoms with Crippen molar-refractivity contribution in [2.24, 2.45) is 0 Å². The van der Waals surface area contributed by atoms with Gasteiger partial charge in [-0.3, -0.25) is 19.3 Å².